The second-order valence-corrected chi connectivity index (χ2v) is 10.4. The summed E-state index contributed by atoms with van der Waals surface area (Å²) in [6, 6.07) is 4.54. The number of nitrogens with one attached hydrogen (secondary N) is 2. The van der Waals surface area contributed by atoms with Gasteiger partial charge >= 0.3 is 0 Å². The van der Waals surface area contributed by atoms with Gasteiger partial charge in [0.1, 0.15) is 17.7 Å². The Hall–Kier alpha value is -2.94. The van der Waals surface area contributed by atoms with Crippen LogP contribution in [0.3, 0.4) is 0 Å². The first-order valence-corrected chi connectivity index (χ1v) is 12.7. The molecule has 34 heavy (non-hydrogen) atoms. The molecule has 2 aromatic heterocycles. The predicted octanol–water partition coefficient (Wildman–Crippen LogP) is 2.32. The van der Waals surface area contributed by atoms with Crippen molar-refractivity contribution < 1.29 is 4.79 Å². The Morgan fingerprint density at radius 2 is 1.88 bits per heavy atom. The van der Waals surface area contributed by atoms with Gasteiger partial charge in [0, 0.05) is 56.9 Å². The van der Waals surface area contributed by atoms with E-state index in [0.717, 1.165) is 61.9 Å². The molecule has 4 aliphatic rings. The number of anilines is 4. The summed E-state index contributed by atoms with van der Waals surface area (Å²) in [6.45, 7) is 9.43. The summed E-state index contributed by atoms with van der Waals surface area (Å²) in [5, 5.41) is 6.44. The monoisotopic (exact) mass is 462 g/mol. The third-order valence-corrected chi connectivity index (χ3v) is 8.13. The average molecular weight is 463 g/mol. The smallest absolute Gasteiger partial charge is 0.243 e. The van der Waals surface area contributed by atoms with Crippen LogP contribution in [0.5, 0.6) is 0 Å². The minimum Gasteiger partial charge on any atom is -0.368 e. The standard InChI is InChI=1S/C25H34N8O/c1-17(2)31-9-11-32(12-10-31)19-5-6-21(26-15-19)29-24-27-14-18-13-20-23(34)28-16-25(7-3-4-8-25)33(20)22(18)30-24/h5-6,14-15,17,20H,3-4,7-13,16H2,1-2H3,(H,28,34)(H,26,27,29,30). The molecule has 1 unspecified atom stereocenters. The molecule has 2 N–H and O–H groups in total. The topological polar surface area (TPSA) is 89.5 Å². The SMILES string of the molecule is CC(C)N1CCN(c2ccc(Nc3ncc4c(n3)N3C(C4)C(=O)NCC34CCCC4)nc2)CC1. The van der Waals surface area contributed by atoms with Crippen LogP contribution in [0.2, 0.25) is 0 Å². The number of aromatic nitrogens is 3. The maximum Gasteiger partial charge on any atom is 0.243 e. The minimum atomic E-state index is -0.167. The third kappa shape index (κ3) is 3.66. The maximum absolute atomic E-state index is 12.6. The molecule has 6 rings (SSSR count). The molecule has 1 spiro atoms. The van der Waals surface area contributed by atoms with E-state index in [1.165, 1.54) is 12.8 Å². The van der Waals surface area contributed by atoms with E-state index in [4.69, 9.17) is 4.98 Å². The number of hydrogen-bond donors (Lipinski definition) is 2. The molecule has 180 valence electrons. The van der Waals surface area contributed by atoms with Crippen molar-refractivity contribution in [3.8, 4) is 0 Å². The molecule has 0 aromatic carbocycles. The molecule has 3 fully saturated rings. The highest BCUT2D eigenvalue weighted by atomic mass is 16.2. The number of carbonyl (C=O) groups excluding carboxylic acids is 1. The van der Waals surface area contributed by atoms with E-state index in [-0.39, 0.29) is 17.5 Å². The van der Waals surface area contributed by atoms with Crippen molar-refractivity contribution in [3.63, 3.8) is 0 Å². The summed E-state index contributed by atoms with van der Waals surface area (Å²) in [5.74, 6) is 2.28. The van der Waals surface area contributed by atoms with E-state index in [2.05, 4.69) is 55.2 Å². The molecule has 1 amide bonds. The fraction of sp³-hybridized carbons (Fsp3) is 0.600. The molecule has 9 heteroatoms. The summed E-state index contributed by atoms with van der Waals surface area (Å²) >= 11 is 0. The first-order chi connectivity index (χ1) is 16.5. The van der Waals surface area contributed by atoms with Gasteiger partial charge in [0.15, 0.2) is 0 Å². The molecule has 1 atom stereocenters. The van der Waals surface area contributed by atoms with Crippen LogP contribution in [-0.2, 0) is 11.2 Å². The highest BCUT2D eigenvalue weighted by molar-refractivity contribution is 5.90. The van der Waals surface area contributed by atoms with Gasteiger partial charge in [-0.15, -0.1) is 0 Å². The van der Waals surface area contributed by atoms with Gasteiger partial charge in [-0.3, -0.25) is 9.69 Å². The normalized spacial score (nSPS) is 23.9. The van der Waals surface area contributed by atoms with E-state index in [9.17, 15) is 4.79 Å². The predicted molar refractivity (Wildman–Crippen MR) is 133 cm³/mol. The average Bonchev–Trinajstić information content (AvgIpc) is 3.48. The number of fused-ring (bicyclic) bond motifs is 4. The zero-order valence-corrected chi connectivity index (χ0v) is 20.1. The van der Waals surface area contributed by atoms with Crippen LogP contribution in [-0.4, -0.2) is 76.1 Å². The lowest BCUT2D eigenvalue weighted by Crippen LogP contribution is -2.66. The molecule has 2 saturated heterocycles. The summed E-state index contributed by atoms with van der Waals surface area (Å²) in [4.78, 5) is 33.9. The van der Waals surface area contributed by atoms with Crippen molar-refractivity contribution in [2.45, 2.75) is 63.6 Å². The number of piperazine rings is 2. The van der Waals surface area contributed by atoms with Crippen molar-refractivity contribution in [3.05, 3.63) is 30.1 Å². The Labute approximate surface area is 201 Å². The fourth-order valence-electron chi connectivity index (χ4n) is 6.19. The van der Waals surface area contributed by atoms with Crippen molar-refractivity contribution in [1.29, 1.82) is 0 Å². The molecule has 0 bridgehead atoms. The molecule has 1 saturated carbocycles. The first kappa shape index (κ1) is 21.6. The Kier molecular flexibility index (Phi) is 5.32. The molecule has 1 aliphatic carbocycles. The number of amides is 1. The van der Waals surface area contributed by atoms with Gasteiger partial charge in [-0.05, 0) is 38.8 Å². The Morgan fingerprint density at radius 3 is 2.59 bits per heavy atom. The number of nitrogens with zero attached hydrogens (tertiary/aromatic N) is 6. The Bertz CT molecular complexity index is 1060. The summed E-state index contributed by atoms with van der Waals surface area (Å²) in [5.41, 5.74) is 2.20. The number of pyridine rings is 1. The number of carbonyl (C=O) groups is 1. The van der Waals surface area contributed by atoms with Gasteiger partial charge in [-0.2, -0.15) is 4.98 Å². The highest BCUT2D eigenvalue weighted by Crippen LogP contribution is 2.45. The van der Waals surface area contributed by atoms with Crippen LogP contribution in [0.4, 0.5) is 23.3 Å². The van der Waals surface area contributed by atoms with Gasteiger partial charge < -0.3 is 20.4 Å². The Morgan fingerprint density at radius 1 is 1.09 bits per heavy atom. The van der Waals surface area contributed by atoms with E-state index in [1.807, 2.05) is 18.5 Å². The molecule has 2 aromatic rings. The molecular formula is C25H34N8O. The van der Waals surface area contributed by atoms with Crippen LogP contribution in [0.1, 0.15) is 45.1 Å². The van der Waals surface area contributed by atoms with E-state index >= 15 is 0 Å². The summed E-state index contributed by atoms with van der Waals surface area (Å²) in [6.07, 6.45) is 9.09. The van der Waals surface area contributed by atoms with Gasteiger partial charge in [0.25, 0.3) is 0 Å². The zero-order chi connectivity index (χ0) is 23.3. The van der Waals surface area contributed by atoms with Crippen LogP contribution in [0.15, 0.2) is 24.5 Å². The van der Waals surface area contributed by atoms with Crippen molar-refractivity contribution in [1.82, 2.24) is 25.2 Å². The highest BCUT2D eigenvalue weighted by Gasteiger charge is 2.52. The van der Waals surface area contributed by atoms with Crippen LogP contribution < -0.4 is 20.4 Å². The van der Waals surface area contributed by atoms with Crippen LogP contribution >= 0.6 is 0 Å². The lowest BCUT2D eigenvalue weighted by Gasteiger charge is -2.47. The van der Waals surface area contributed by atoms with Gasteiger partial charge in [0.2, 0.25) is 11.9 Å². The second kappa shape index (κ2) is 8.37. The quantitative estimate of drug-likeness (QED) is 0.716. The van der Waals surface area contributed by atoms with Gasteiger partial charge in [0.05, 0.1) is 17.4 Å². The molecule has 3 aliphatic heterocycles. The fourth-order valence-corrected chi connectivity index (χ4v) is 6.19. The van der Waals surface area contributed by atoms with Crippen LogP contribution in [0.25, 0.3) is 0 Å². The van der Waals surface area contributed by atoms with E-state index < -0.39 is 0 Å². The summed E-state index contributed by atoms with van der Waals surface area (Å²) < 4.78 is 0. The third-order valence-electron chi connectivity index (χ3n) is 8.13. The largest absolute Gasteiger partial charge is 0.368 e. The van der Waals surface area contributed by atoms with Crippen molar-refractivity contribution in [2.24, 2.45) is 0 Å². The Balaban J connectivity index is 1.18. The molecule has 9 nitrogen and oxygen atoms in total. The molecule has 5 heterocycles. The van der Waals surface area contributed by atoms with E-state index in [1.54, 1.807) is 0 Å². The van der Waals surface area contributed by atoms with Crippen molar-refractivity contribution >= 4 is 29.2 Å². The minimum absolute atomic E-state index is 0.00502. The lowest BCUT2D eigenvalue weighted by molar-refractivity contribution is -0.124. The van der Waals surface area contributed by atoms with Gasteiger partial charge in [-0.25, -0.2) is 9.97 Å². The maximum atomic E-state index is 12.6. The van der Waals surface area contributed by atoms with Crippen molar-refractivity contribution in [2.75, 3.05) is 47.8 Å². The number of hydrogen-bond acceptors (Lipinski definition) is 8. The van der Waals surface area contributed by atoms with Crippen LogP contribution in [0, 0.1) is 0 Å². The molecule has 0 radical (unpaired) electrons. The van der Waals surface area contributed by atoms with E-state index in [0.29, 0.717) is 25.0 Å². The summed E-state index contributed by atoms with van der Waals surface area (Å²) in [7, 11) is 0. The lowest BCUT2D eigenvalue weighted by atomic mass is 9.90. The first-order valence-electron chi connectivity index (χ1n) is 12.7. The molecular weight excluding hydrogens is 428 g/mol. The second-order valence-electron chi connectivity index (χ2n) is 10.4. The zero-order valence-electron chi connectivity index (χ0n) is 20.1. The van der Waals surface area contributed by atoms with Gasteiger partial charge in [-0.1, -0.05) is 12.8 Å². The number of rotatable bonds is 4.